The molecular formula is C52H32F4N2. The third-order valence-corrected chi connectivity index (χ3v) is 10.2. The van der Waals surface area contributed by atoms with Crippen molar-refractivity contribution >= 4 is 66.4 Å². The van der Waals surface area contributed by atoms with Crippen LogP contribution < -0.4 is 9.80 Å². The van der Waals surface area contributed by atoms with Gasteiger partial charge < -0.3 is 9.80 Å². The number of rotatable bonds is 8. The van der Waals surface area contributed by atoms with Crippen LogP contribution in [0, 0.1) is 23.3 Å². The van der Waals surface area contributed by atoms with Gasteiger partial charge in [0, 0.05) is 45.4 Å². The van der Waals surface area contributed by atoms with Crippen LogP contribution in [0.15, 0.2) is 194 Å². The van der Waals surface area contributed by atoms with Crippen LogP contribution in [0.4, 0.5) is 51.7 Å². The molecule has 278 valence electrons. The van der Waals surface area contributed by atoms with Crippen LogP contribution in [0.1, 0.15) is 13.7 Å². The molecule has 0 unspecified atom stereocenters. The maximum absolute atomic E-state index is 16.8. The van der Waals surface area contributed by atoms with Gasteiger partial charge in [-0.2, -0.15) is 0 Å². The highest BCUT2D eigenvalue weighted by molar-refractivity contribution is 6.28. The fourth-order valence-electron chi connectivity index (χ4n) is 7.70. The Morgan fingerprint density at radius 3 is 1.14 bits per heavy atom. The van der Waals surface area contributed by atoms with Crippen molar-refractivity contribution in [1.82, 2.24) is 0 Å². The Morgan fingerprint density at radius 2 is 0.741 bits per heavy atom. The average molecular weight is 771 g/mol. The maximum atomic E-state index is 16.8. The summed E-state index contributed by atoms with van der Waals surface area (Å²) in [6.07, 6.45) is 0. The lowest BCUT2D eigenvalue weighted by Gasteiger charge is -2.30. The van der Waals surface area contributed by atoms with Crippen molar-refractivity contribution in [2.75, 3.05) is 9.80 Å². The van der Waals surface area contributed by atoms with Crippen molar-refractivity contribution in [2.24, 2.45) is 0 Å². The minimum Gasteiger partial charge on any atom is -0.307 e. The quantitative estimate of drug-likeness (QED) is 0.112. The second-order valence-corrected chi connectivity index (χ2v) is 13.5. The zero-order chi connectivity index (χ0) is 48.0. The van der Waals surface area contributed by atoms with Gasteiger partial charge in [0.2, 0.25) is 0 Å². The van der Waals surface area contributed by atoms with E-state index in [9.17, 15) is 0 Å². The summed E-state index contributed by atoms with van der Waals surface area (Å²) in [5.74, 6) is -3.96. The van der Waals surface area contributed by atoms with Crippen LogP contribution in [0.2, 0.25) is 0 Å². The van der Waals surface area contributed by atoms with E-state index in [4.69, 9.17) is 13.7 Å². The van der Waals surface area contributed by atoms with E-state index in [0.717, 1.165) is 35.0 Å². The molecular weight excluding hydrogens is 729 g/mol. The fourth-order valence-corrected chi connectivity index (χ4v) is 7.70. The topological polar surface area (TPSA) is 6.48 Å². The Hall–Kier alpha value is -7.44. The monoisotopic (exact) mass is 770 g/mol. The molecule has 6 heteroatoms. The molecule has 0 N–H and O–H groups in total. The summed E-state index contributed by atoms with van der Waals surface area (Å²) in [6, 6.07) is 28.6. The van der Waals surface area contributed by atoms with Crippen molar-refractivity contribution in [2.45, 2.75) is 0 Å². The summed E-state index contributed by atoms with van der Waals surface area (Å²) in [7, 11) is 0. The zero-order valence-corrected chi connectivity index (χ0v) is 30.1. The molecule has 0 aliphatic carbocycles. The van der Waals surface area contributed by atoms with Crippen molar-refractivity contribution < 1.29 is 31.3 Å². The molecule has 0 saturated carbocycles. The zero-order valence-electron chi connectivity index (χ0n) is 40.1. The molecule has 0 bridgehead atoms. The molecule has 58 heavy (non-hydrogen) atoms. The molecule has 0 radical (unpaired) electrons. The van der Waals surface area contributed by atoms with Gasteiger partial charge in [-0.15, -0.1) is 0 Å². The number of hydrogen-bond donors (Lipinski definition) is 0. The molecule has 0 saturated heterocycles. The second kappa shape index (κ2) is 14.3. The van der Waals surface area contributed by atoms with Gasteiger partial charge >= 0.3 is 0 Å². The summed E-state index contributed by atoms with van der Waals surface area (Å²) in [6.45, 7) is 0. The second-order valence-electron chi connectivity index (χ2n) is 13.5. The fraction of sp³-hybridized carbons (Fsp3) is 0. The number of nitrogens with zero attached hydrogens (tertiary/aromatic N) is 2. The normalized spacial score (nSPS) is 13.9. The Balaban J connectivity index is 1.18. The lowest BCUT2D eigenvalue weighted by atomic mass is 9.91. The van der Waals surface area contributed by atoms with Gasteiger partial charge in [0.15, 0.2) is 0 Å². The Kier molecular flexibility index (Phi) is 6.31. The number of benzene rings is 10. The first-order valence-electron chi connectivity index (χ1n) is 23.1. The highest BCUT2D eigenvalue weighted by Gasteiger charge is 2.26. The lowest BCUT2D eigenvalue weighted by Crippen LogP contribution is -2.13. The molecule has 10 rings (SSSR count). The van der Waals surface area contributed by atoms with E-state index < -0.39 is 106 Å². The van der Waals surface area contributed by atoms with Crippen LogP contribution in [0.25, 0.3) is 54.6 Å². The summed E-state index contributed by atoms with van der Waals surface area (Å²) >= 11 is 0. The van der Waals surface area contributed by atoms with Gasteiger partial charge in [-0.25, -0.2) is 17.6 Å². The smallest absolute Gasteiger partial charge is 0.148 e. The lowest BCUT2D eigenvalue weighted by molar-refractivity contribution is 0.604. The van der Waals surface area contributed by atoms with E-state index in [1.165, 1.54) is 9.80 Å². The van der Waals surface area contributed by atoms with Crippen molar-refractivity contribution in [1.29, 1.82) is 0 Å². The average Bonchev–Trinajstić information content (AvgIpc) is 3.34. The van der Waals surface area contributed by atoms with E-state index >= 15 is 17.6 Å². The molecule has 10 aromatic rings. The number of para-hydroxylation sites is 2. The Bertz CT molecular complexity index is 3410. The SMILES string of the molecule is [2H]c1c([2H])c([2H])c(-c2cc(F)c(N(c3ccccc3)c3ccc4ccc5c(N(c6ccccc6)c6cc(F)c(-c7c([2H])c([2H])c([2H])c([2H])c7[2H])cc6F)ccc6ccc3c4c65)cc2F)c([2H])c1[2H]. The molecule has 0 aromatic heterocycles. The number of anilines is 6. The predicted octanol–water partition coefficient (Wildman–Crippen LogP) is 15.4. The first-order chi connectivity index (χ1) is 32.6. The van der Waals surface area contributed by atoms with Gasteiger partial charge in [-0.05, 0) is 81.2 Å². The third kappa shape index (κ3) is 5.89. The first kappa shape index (κ1) is 25.7. The van der Waals surface area contributed by atoms with Crippen LogP contribution in [-0.2, 0) is 0 Å². The van der Waals surface area contributed by atoms with E-state index in [1.54, 1.807) is 72.8 Å². The van der Waals surface area contributed by atoms with Crippen molar-refractivity contribution in [3.63, 3.8) is 0 Å². The highest BCUT2D eigenvalue weighted by atomic mass is 19.1. The van der Waals surface area contributed by atoms with E-state index in [2.05, 4.69) is 0 Å². The molecule has 10 aromatic carbocycles. The van der Waals surface area contributed by atoms with E-state index in [1.807, 2.05) is 36.4 Å². The van der Waals surface area contributed by atoms with Gasteiger partial charge in [-0.1, -0.05) is 133 Å². The largest absolute Gasteiger partial charge is 0.307 e. The first-order valence-corrected chi connectivity index (χ1v) is 18.1. The minimum atomic E-state index is -1.03. The summed E-state index contributed by atoms with van der Waals surface area (Å²) < 4.78 is 149. The predicted molar refractivity (Wildman–Crippen MR) is 230 cm³/mol. The van der Waals surface area contributed by atoms with Crippen molar-refractivity contribution in [3.05, 3.63) is 217 Å². The van der Waals surface area contributed by atoms with Gasteiger partial charge in [-0.3, -0.25) is 0 Å². The van der Waals surface area contributed by atoms with Gasteiger partial charge in [0.05, 0.1) is 36.5 Å². The van der Waals surface area contributed by atoms with Crippen LogP contribution >= 0.6 is 0 Å². The molecule has 2 nitrogen and oxygen atoms in total. The molecule has 0 amide bonds. The highest BCUT2D eigenvalue weighted by Crippen LogP contribution is 2.49. The Morgan fingerprint density at radius 1 is 0.362 bits per heavy atom. The summed E-state index contributed by atoms with van der Waals surface area (Å²) in [5, 5.41) is 4.13. The van der Waals surface area contributed by atoms with Crippen LogP contribution in [0.5, 0.6) is 0 Å². The van der Waals surface area contributed by atoms with E-state index in [0.29, 0.717) is 44.3 Å². The molecule has 0 heterocycles. The molecule has 0 fully saturated rings. The van der Waals surface area contributed by atoms with Gasteiger partial charge in [0.25, 0.3) is 0 Å². The number of halogens is 4. The van der Waals surface area contributed by atoms with Crippen LogP contribution in [0.3, 0.4) is 0 Å². The molecule has 0 aliphatic heterocycles. The molecule has 0 aliphatic rings. The minimum absolute atomic E-state index is 0.236. The Labute approximate surface area is 346 Å². The van der Waals surface area contributed by atoms with E-state index in [-0.39, 0.29) is 11.4 Å². The molecule has 0 atom stereocenters. The summed E-state index contributed by atoms with van der Waals surface area (Å²) in [4.78, 5) is 3.06. The van der Waals surface area contributed by atoms with Gasteiger partial charge in [0.1, 0.15) is 23.3 Å². The van der Waals surface area contributed by atoms with Crippen LogP contribution in [-0.4, -0.2) is 0 Å². The number of hydrogen-bond acceptors (Lipinski definition) is 2. The summed E-state index contributed by atoms with van der Waals surface area (Å²) in [5.41, 5.74) is -0.733. The maximum Gasteiger partial charge on any atom is 0.148 e. The molecule has 0 spiro atoms. The third-order valence-electron chi connectivity index (χ3n) is 10.2. The standard InChI is InChI=1S/C52H32F4N2/c53-43-31-49(45(55)29-41(43)33-13-5-1-6-14-33)57(37-17-9-3-10-18-37)47-27-23-35-22-26-40-48(28-24-36-21-25-39(47)51(35)52(36)40)58(38-19-11-4-12-20-38)50-32-44(54)42(30-46(50)56)34-15-7-2-8-16-34/h1-32H/i1D,2D,5D,6D,7D,8D,13D,14D,15D,16D. The van der Waals surface area contributed by atoms with Crippen molar-refractivity contribution in [3.8, 4) is 22.3 Å².